The lowest BCUT2D eigenvalue weighted by molar-refractivity contribution is -0.118. The third-order valence-electron chi connectivity index (χ3n) is 4.16. The van der Waals surface area contributed by atoms with Gasteiger partial charge < -0.3 is 14.8 Å². The van der Waals surface area contributed by atoms with E-state index in [0.717, 1.165) is 5.69 Å². The summed E-state index contributed by atoms with van der Waals surface area (Å²) in [5, 5.41) is 22.2. The Hall–Kier alpha value is -3.52. The first-order valence-electron chi connectivity index (χ1n) is 8.93. The number of amides is 1. The van der Waals surface area contributed by atoms with Gasteiger partial charge >= 0.3 is 0 Å². The number of hydrogen-bond acceptors (Lipinski definition) is 6. The Labute approximate surface area is 171 Å². The Balaban J connectivity index is 1.57. The van der Waals surface area contributed by atoms with Gasteiger partial charge in [0.15, 0.2) is 11.0 Å². The number of furan rings is 1. The van der Waals surface area contributed by atoms with E-state index in [2.05, 4.69) is 15.5 Å². The maximum absolute atomic E-state index is 12.2. The van der Waals surface area contributed by atoms with Gasteiger partial charge in [0.2, 0.25) is 5.91 Å². The molecular formula is C21H18N4O3S. The van der Waals surface area contributed by atoms with E-state index in [4.69, 9.17) is 4.42 Å². The maximum atomic E-state index is 12.2. The molecule has 2 aromatic heterocycles. The van der Waals surface area contributed by atoms with E-state index < -0.39 is 0 Å². The van der Waals surface area contributed by atoms with E-state index in [0.29, 0.717) is 28.8 Å². The summed E-state index contributed by atoms with van der Waals surface area (Å²) in [4.78, 5) is 12.2. The number of benzene rings is 2. The van der Waals surface area contributed by atoms with Crippen molar-refractivity contribution in [1.29, 1.82) is 0 Å². The van der Waals surface area contributed by atoms with Crippen molar-refractivity contribution in [3.63, 3.8) is 0 Å². The van der Waals surface area contributed by atoms with Gasteiger partial charge in [-0.3, -0.25) is 9.36 Å². The number of hydrogen-bond donors (Lipinski definition) is 2. The fourth-order valence-corrected chi connectivity index (χ4v) is 3.57. The van der Waals surface area contributed by atoms with Crippen LogP contribution >= 0.6 is 11.8 Å². The number of nitrogens with one attached hydrogen (secondary N) is 1. The summed E-state index contributed by atoms with van der Waals surface area (Å²) in [6, 6.07) is 20.1. The molecule has 2 N–H and O–H groups in total. The molecule has 0 aliphatic heterocycles. The summed E-state index contributed by atoms with van der Waals surface area (Å²) >= 11 is 1.27. The van der Waals surface area contributed by atoms with E-state index in [9.17, 15) is 9.90 Å². The predicted molar refractivity (Wildman–Crippen MR) is 110 cm³/mol. The Kier molecular flexibility index (Phi) is 5.62. The molecule has 0 aliphatic rings. The second-order valence-electron chi connectivity index (χ2n) is 6.14. The number of phenolic OH excluding ortho intramolecular Hbond substituents is 1. The van der Waals surface area contributed by atoms with Crippen molar-refractivity contribution in [2.75, 3.05) is 5.75 Å². The zero-order valence-electron chi connectivity index (χ0n) is 15.4. The molecule has 0 saturated carbocycles. The molecule has 0 bridgehead atoms. The van der Waals surface area contributed by atoms with Gasteiger partial charge in [-0.25, -0.2) is 0 Å². The van der Waals surface area contributed by atoms with Crippen molar-refractivity contribution in [2.24, 2.45) is 0 Å². The molecule has 4 rings (SSSR count). The molecular weight excluding hydrogens is 388 g/mol. The van der Waals surface area contributed by atoms with Gasteiger partial charge in [-0.05, 0) is 36.4 Å². The molecule has 2 aromatic carbocycles. The summed E-state index contributed by atoms with van der Waals surface area (Å²) in [6.07, 6.45) is 1.57. The molecule has 4 aromatic rings. The fraction of sp³-hybridized carbons (Fsp3) is 0.0952. The fourth-order valence-electron chi connectivity index (χ4n) is 2.79. The van der Waals surface area contributed by atoms with Gasteiger partial charge in [0.1, 0.15) is 11.5 Å². The van der Waals surface area contributed by atoms with Crippen LogP contribution in [-0.2, 0) is 11.3 Å². The predicted octanol–water partition coefficient (Wildman–Crippen LogP) is 3.64. The smallest absolute Gasteiger partial charge is 0.230 e. The minimum absolute atomic E-state index is 0.116. The van der Waals surface area contributed by atoms with Crippen LogP contribution in [0.4, 0.5) is 0 Å². The van der Waals surface area contributed by atoms with Crippen LogP contribution in [-0.4, -0.2) is 31.5 Å². The van der Waals surface area contributed by atoms with E-state index in [-0.39, 0.29) is 17.4 Å². The Morgan fingerprint density at radius 2 is 1.83 bits per heavy atom. The highest BCUT2D eigenvalue weighted by Gasteiger charge is 2.19. The van der Waals surface area contributed by atoms with Crippen LogP contribution in [0.5, 0.6) is 5.75 Å². The second kappa shape index (κ2) is 8.66. The molecule has 0 saturated heterocycles. The zero-order valence-corrected chi connectivity index (χ0v) is 16.2. The van der Waals surface area contributed by atoms with Crippen LogP contribution in [0.1, 0.15) is 5.76 Å². The Morgan fingerprint density at radius 3 is 2.59 bits per heavy atom. The summed E-state index contributed by atoms with van der Waals surface area (Å²) in [7, 11) is 0. The number of carbonyl (C=O) groups is 1. The van der Waals surface area contributed by atoms with Crippen LogP contribution in [0.3, 0.4) is 0 Å². The molecule has 0 aliphatic carbocycles. The molecule has 2 heterocycles. The van der Waals surface area contributed by atoms with Gasteiger partial charge in [-0.1, -0.05) is 42.1 Å². The first-order valence-corrected chi connectivity index (χ1v) is 9.92. The van der Waals surface area contributed by atoms with Crippen LogP contribution in [0.2, 0.25) is 0 Å². The van der Waals surface area contributed by atoms with E-state index >= 15 is 0 Å². The number of thioether (sulfide) groups is 1. The van der Waals surface area contributed by atoms with Crippen LogP contribution in [0.25, 0.3) is 17.1 Å². The summed E-state index contributed by atoms with van der Waals surface area (Å²) in [5.74, 6) is 1.35. The van der Waals surface area contributed by atoms with Gasteiger partial charge in [-0.15, -0.1) is 10.2 Å². The molecule has 1 amide bonds. The molecule has 0 spiro atoms. The number of nitrogens with zero attached hydrogens (tertiary/aromatic N) is 3. The van der Waals surface area contributed by atoms with E-state index in [1.54, 1.807) is 36.6 Å². The number of rotatable bonds is 7. The molecule has 29 heavy (non-hydrogen) atoms. The summed E-state index contributed by atoms with van der Waals surface area (Å²) in [5.41, 5.74) is 1.41. The van der Waals surface area contributed by atoms with Crippen LogP contribution in [0, 0.1) is 0 Å². The number of aromatic hydroxyl groups is 1. The largest absolute Gasteiger partial charge is 0.507 e. The number of carbonyl (C=O) groups excluding carboxylic acids is 1. The molecule has 7 nitrogen and oxygen atoms in total. The standard InChI is InChI=1S/C21H18N4O3S/c26-18-11-5-4-10-17(18)20-23-24-21(25(20)15-7-2-1-3-8-15)29-14-19(27)22-13-16-9-6-12-28-16/h1-12,26H,13-14H2,(H,22,27). The van der Waals surface area contributed by atoms with Crippen molar-refractivity contribution in [3.05, 3.63) is 78.8 Å². The van der Waals surface area contributed by atoms with Gasteiger partial charge in [0.05, 0.1) is 24.1 Å². The minimum Gasteiger partial charge on any atom is -0.507 e. The Bertz CT molecular complexity index is 1090. The lowest BCUT2D eigenvalue weighted by Crippen LogP contribution is -2.24. The second-order valence-corrected chi connectivity index (χ2v) is 7.08. The van der Waals surface area contributed by atoms with Gasteiger partial charge in [0.25, 0.3) is 0 Å². The highest BCUT2D eigenvalue weighted by Crippen LogP contribution is 2.32. The van der Waals surface area contributed by atoms with Crippen molar-refractivity contribution in [1.82, 2.24) is 20.1 Å². The Morgan fingerprint density at radius 1 is 1.03 bits per heavy atom. The monoisotopic (exact) mass is 406 g/mol. The third kappa shape index (κ3) is 4.33. The molecule has 0 atom stereocenters. The van der Waals surface area contributed by atoms with Crippen LogP contribution in [0.15, 0.2) is 82.6 Å². The average Bonchev–Trinajstić information content (AvgIpc) is 3.41. The van der Waals surface area contributed by atoms with Crippen LogP contribution < -0.4 is 5.32 Å². The van der Waals surface area contributed by atoms with E-state index in [1.807, 2.05) is 41.0 Å². The molecule has 8 heteroatoms. The minimum atomic E-state index is -0.141. The van der Waals surface area contributed by atoms with Crippen molar-refractivity contribution < 1.29 is 14.3 Å². The maximum Gasteiger partial charge on any atom is 0.230 e. The summed E-state index contributed by atoms with van der Waals surface area (Å²) in [6.45, 7) is 0.334. The SMILES string of the molecule is O=C(CSc1nnc(-c2ccccc2O)n1-c1ccccc1)NCc1ccco1. The van der Waals surface area contributed by atoms with Crippen molar-refractivity contribution >= 4 is 17.7 Å². The number of aromatic nitrogens is 3. The van der Waals surface area contributed by atoms with E-state index in [1.165, 1.54) is 11.8 Å². The lowest BCUT2D eigenvalue weighted by Gasteiger charge is -2.11. The molecule has 0 fully saturated rings. The highest BCUT2D eigenvalue weighted by atomic mass is 32.2. The third-order valence-corrected chi connectivity index (χ3v) is 5.09. The highest BCUT2D eigenvalue weighted by molar-refractivity contribution is 7.99. The zero-order chi connectivity index (χ0) is 20.1. The molecule has 146 valence electrons. The van der Waals surface area contributed by atoms with Crippen molar-refractivity contribution in [3.8, 4) is 22.8 Å². The number of para-hydroxylation sites is 2. The van der Waals surface area contributed by atoms with Gasteiger partial charge in [-0.2, -0.15) is 0 Å². The van der Waals surface area contributed by atoms with Gasteiger partial charge in [0, 0.05) is 5.69 Å². The quantitative estimate of drug-likeness (QED) is 0.455. The first kappa shape index (κ1) is 18.8. The summed E-state index contributed by atoms with van der Waals surface area (Å²) < 4.78 is 7.05. The lowest BCUT2D eigenvalue weighted by atomic mass is 10.2. The first-order chi connectivity index (χ1) is 14.2. The number of phenols is 1. The normalized spacial score (nSPS) is 10.8. The topological polar surface area (TPSA) is 93.2 Å². The molecule has 0 unspecified atom stereocenters. The average molecular weight is 406 g/mol. The molecule has 0 radical (unpaired) electrons. The van der Waals surface area contributed by atoms with Crippen molar-refractivity contribution in [2.45, 2.75) is 11.7 Å².